The Morgan fingerprint density at radius 2 is 2.05 bits per heavy atom. The van der Waals surface area contributed by atoms with E-state index in [1.165, 1.54) is 23.5 Å². The zero-order valence-electron chi connectivity index (χ0n) is 10.5. The molecule has 0 radical (unpaired) electrons. The topological polar surface area (TPSA) is 91.3 Å². The lowest BCUT2D eigenvalue weighted by Crippen LogP contribution is -2.34. The van der Waals surface area contributed by atoms with Gasteiger partial charge in [-0.3, -0.25) is 0 Å². The summed E-state index contributed by atoms with van der Waals surface area (Å²) in [5.41, 5.74) is 0.932. The van der Waals surface area contributed by atoms with Crippen LogP contribution in [-0.4, -0.2) is 22.1 Å². The summed E-state index contributed by atoms with van der Waals surface area (Å²) in [4.78, 5) is 26.4. The molecule has 0 saturated carbocycles. The monoisotopic (exact) mass is 291 g/mol. The number of hydrogen-bond acceptors (Lipinski definition) is 4. The first-order valence-corrected chi connectivity index (χ1v) is 6.75. The fourth-order valence-electron chi connectivity index (χ4n) is 1.56. The minimum atomic E-state index is -0.986. The van der Waals surface area contributed by atoms with Gasteiger partial charge in [0.15, 0.2) is 0 Å². The van der Waals surface area contributed by atoms with Crippen molar-refractivity contribution in [2.75, 3.05) is 0 Å². The van der Waals surface area contributed by atoms with E-state index in [0.29, 0.717) is 6.54 Å². The van der Waals surface area contributed by atoms with Crippen molar-refractivity contribution in [3.8, 4) is 0 Å². The number of rotatable bonds is 5. The fourth-order valence-corrected chi connectivity index (χ4v) is 2.11. The first-order chi connectivity index (χ1) is 9.65. The number of thiazole rings is 1. The number of urea groups is 1. The maximum atomic E-state index is 11.6. The van der Waals surface area contributed by atoms with Crippen molar-refractivity contribution < 1.29 is 14.7 Å². The fraction of sp³-hybridized carbons (Fsp3) is 0.154. The molecule has 3 N–H and O–H groups in total. The molecule has 1 heterocycles. The average Bonchev–Trinajstić information content (AvgIpc) is 2.96. The Bertz CT molecular complexity index is 599. The summed E-state index contributed by atoms with van der Waals surface area (Å²) < 4.78 is 0. The van der Waals surface area contributed by atoms with E-state index in [1.807, 2.05) is 5.38 Å². The summed E-state index contributed by atoms with van der Waals surface area (Å²) in [7, 11) is 0. The molecule has 1 aromatic carbocycles. The average molecular weight is 291 g/mol. The van der Waals surface area contributed by atoms with Gasteiger partial charge < -0.3 is 15.7 Å². The summed E-state index contributed by atoms with van der Waals surface area (Å²) in [5, 5.41) is 16.9. The second kappa shape index (κ2) is 6.67. The highest BCUT2D eigenvalue weighted by molar-refractivity contribution is 7.09. The Balaban J connectivity index is 1.81. The zero-order chi connectivity index (χ0) is 14.4. The molecular formula is C13H13N3O3S. The molecule has 0 aliphatic carbocycles. The van der Waals surface area contributed by atoms with Gasteiger partial charge >= 0.3 is 12.0 Å². The first-order valence-electron chi connectivity index (χ1n) is 5.87. The van der Waals surface area contributed by atoms with Crippen LogP contribution >= 0.6 is 11.3 Å². The van der Waals surface area contributed by atoms with Crippen molar-refractivity contribution >= 4 is 23.3 Å². The van der Waals surface area contributed by atoms with Crippen molar-refractivity contribution in [1.29, 1.82) is 0 Å². The third kappa shape index (κ3) is 4.06. The van der Waals surface area contributed by atoms with Crippen LogP contribution in [0.15, 0.2) is 35.8 Å². The van der Waals surface area contributed by atoms with E-state index in [-0.39, 0.29) is 18.1 Å². The molecule has 0 aliphatic rings. The highest BCUT2D eigenvalue weighted by Gasteiger charge is 2.05. The Kier molecular flexibility index (Phi) is 4.67. The summed E-state index contributed by atoms with van der Waals surface area (Å²) in [6.45, 7) is 0.642. The van der Waals surface area contributed by atoms with E-state index in [9.17, 15) is 9.59 Å². The maximum absolute atomic E-state index is 11.6. The first kappa shape index (κ1) is 14.0. The third-order valence-corrected chi connectivity index (χ3v) is 3.29. The molecule has 2 aromatic rings. The van der Waals surface area contributed by atoms with Gasteiger partial charge in [-0.2, -0.15) is 0 Å². The van der Waals surface area contributed by atoms with Crippen LogP contribution in [0.5, 0.6) is 0 Å². The molecule has 0 atom stereocenters. The number of amides is 2. The van der Waals surface area contributed by atoms with Gasteiger partial charge in [0.25, 0.3) is 0 Å². The Hall–Kier alpha value is -2.41. The summed E-state index contributed by atoms with van der Waals surface area (Å²) in [6.07, 6.45) is 1.68. The summed E-state index contributed by atoms with van der Waals surface area (Å²) in [6, 6.07) is 6.13. The summed E-state index contributed by atoms with van der Waals surface area (Å²) in [5.74, 6) is -0.986. The number of hydrogen-bond donors (Lipinski definition) is 3. The van der Waals surface area contributed by atoms with Gasteiger partial charge in [0.05, 0.1) is 12.1 Å². The van der Waals surface area contributed by atoms with Crippen LogP contribution in [0.25, 0.3) is 0 Å². The highest BCUT2D eigenvalue weighted by Crippen LogP contribution is 2.05. The Morgan fingerprint density at radius 3 is 2.75 bits per heavy atom. The predicted octanol–water partition coefficient (Wildman–Crippen LogP) is 1.84. The Morgan fingerprint density at radius 1 is 1.25 bits per heavy atom. The van der Waals surface area contributed by atoms with Gasteiger partial charge in [0.2, 0.25) is 0 Å². The van der Waals surface area contributed by atoms with Crippen LogP contribution in [0.1, 0.15) is 20.9 Å². The lowest BCUT2D eigenvalue weighted by atomic mass is 10.1. The number of benzene rings is 1. The number of nitrogens with zero attached hydrogens (tertiary/aromatic N) is 1. The number of nitrogens with one attached hydrogen (secondary N) is 2. The van der Waals surface area contributed by atoms with Gasteiger partial charge in [-0.1, -0.05) is 12.1 Å². The van der Waals surface area contributed by atoms with Gasteiger partial charge in [-0.25, -0.2) is 14.6 Å². The number of aromatic nitrogens is 1. The molecule has 2 amide bonds. The molecule has 0 saturated heterocycles. The molecule has 0 aliphatic heterocycles. The van der Waals surface area contributed by atoms with E-state index in [0.717, 1.165) is 10.6 Å². The number of carbonyl (C=O) groups excluding carboxylic acids is 1. The molecule has 2 rings (SSSR count). The maximum Gasteiger partial charge on any atom is 0.335 e. The number of carboxylic acid groups (broad SMARTS) is 1. The van der Waals surface area contributed by atoms with Crippen molar-refractivity contribution in [2.45, 2.75) is 13.1 Å². The number of carboxylic acids is 1. The zero-order valence-corrected chi connectivity index (χ0v) is 11.3. The quantitative estimate of drug-likeness (QED) is 0.784. The van der Waals surface area contributed by atoms with Gasteiger partial charge in [0, 0.05) is 18.1 Å². The van der Waals surface area contributed by atoms with E-state index in [2.05, 4.69) is 15.6 Å². The molecule has 20 heavy (non-hydrogen) atoms. The standard InChI is InChI=1S/C13H13N3O3S/c17-12(18)10-3-1-2-9(6-10)7-15-13(19)16-8-11-14-4-5-20-11/h1-6H,7-8H2,(H,17,18)(H2,15,16,19). The smallest absolute Gasteiger partial charge is 0.335 e. The van der Waals surface area contributed by atoms with E-state index in [4.69, 9.17) is 5.11 Å². The molecule has 7 heteroatoms. The number of carbonyl (C=O) groups is 2. The molecule has 0 fully saturated rings. The van der Waals surface area contributed by atoms with Crippen LogP contribution in [0.3, 0.4) is 0 Å². The van der Waals surface area contributed by atoms with Crippen molar-refractivity contribution in [1.82, 2.24) is 15.6 Å². The molecule has 0 unspecified atom stereocenters. The second-order valence-corrected chi connectivity index (χ2v) is 4.95. The van der Waals surface area contributed by atoms with Gasteiger partial charge in [-0.15, -0.1) is 11.3 Å². The lowest BCUT2D eigenvalue weighted by molar-refractivity contribution is 0.0696. The predicted molar refractivity (Wildman–Crippen MR) is 74.6 cm³/mol. The number of aromatic carboxylic acids is 1. The molecular weight excluding hydrogens is 278 g/mol. The van der Waals surface area contributed by atoms with E-state index < -0.39 is 5.97 Å². The van der Waals surface area contributed by atoms with Crippen molar-refractivity contribution in [3.63, 3.8) is 0 Å². The van der Waals surface area contributed by atoms with Gasteiger partial charge in [0.1, 0.15) is 5.01 Å². The van der Waals surface area contributed by atoms with Crippen LogP contribution in [0.2, 0.25) is 0 Å². The van der Waals surface area contributed by atoms with Crippen LogP contribution in [0, 0.1) is 0 Å². The molecule has 0 bridgehead atoms. The molecule has 6 nitrogen and oxygen atoms in total. The second-order valence-electron chi connectivity index (χ2n) is 3.97. The van der Waals surface area contributed by atoms with E-state index >= 15 is 0 Å². The van der Waals surface area contributed by atoms with Crippen molar-refractivity contribution in [2.24, 2.45) is 0 Å². The minimum Gasteiger partial charge on any atom is -0.478 e. The molecule has 0 spiro atoms. The van der Waals surface area contributed by atoms with Crippen LogP contribution in [0.4, 0.5) is 4.79 Å². The summed E-state index contributed by atoms with van der Waals surface area (Å²) >= 11 is 1.47. The largest absolute Gasteiger partial charge is 0.478 e. The molecule has 104 valence electrons. The van der Waals surface area contributed by atoms with Crippen LogP contribution in [-0.2, 0) is 13.1 Å². The van der Waals surface area contributed by atoms with Crippen molar-refractivity contribution in [3.05, 3.63) is 52.0 Å². The molecule has 1 aromatic heterocycles. The SMILES string of the molecule is O=C(NCc1cccc(C(=O)O)c1)NCc1nccs1. The van der Waals surface area contributed by atoms with Gasteiger partial charge in [-0.05, 0) is 17.7 Å². The highest BCUT2D eigenvalue weighted by atomic mass is 32.1. The minimum absolute atomic E-state index is 0.201. The Labute approximate surface area is 119 Å². The normalized spacial score (nSPS) is 10.0. The third-order valence-electron chi connectivity index (χ3n) is 2.51. The van der Waals surface area contributed by atoms with Crippen LogP contribution < -0.4 is 10.6 Å². The lowest BCUT2D eigenvalue weighted by Gasteiger charge is -2.07. The van der Waals surface area contributed by atoms with E-state index in [1.54, 1.807) is 18.3 Å².